The highest BCUT2D eigenvalue weighted by molar-refractivity contribution is 7.88. The molecule has 0 spiro atoms. The largest absolute Gasteiger partial charge is 0.465 e. The summed E-state index contributed by atoms with van der Waals surface area (Å²) in [4.78, 5) is 12.9. The monoisotopic (exact) mass is 244 g/mol. The zero-order valence-electron chi connectivity index (χ0n) is 8.64. The number of esters is 1. The summed E-state index contributed by atoms with van der Waals surface area (Å²) in [5.41, 5.74) is 0.757. The van der Waals surface area contributed by atoms with Crippen LogP contribution >= 0.6 is 0 Å². The number of nitrogens with two attached hydrogens (primary N) is 1. The van der Waals surface area contributed by atoms with Gasteiger partial charge in [0.2, 0.25) is 10.0 Å². The molecule has 1 rings (SSSR count). The van der Waals surface area contributed by atoms with Crippen molar-refractivity contribution in [2.75, 3.05) is 7.11 Å². The Morgan fingerprint density at radius 2 is 2.19 bits per heavy atom. The fourth-order valence-corrected chi connectivity index (χ4v) is 1.87. The van der Waals surface area contributed by atoms with Crippen LogP contribution in [0.3, 0.4) is 0 Å². The molecule has 0 amide bonds. The van der Waals surface area contributed by atoms with Crippen LogP contribution in [-0.4, -0.2) is 21.5 Å². The number of hydrogen-bond acceptors (Lipinski definition) is 5. The number of hydrogen-bond donors (Lipinski definition) is 2. The number of sulfonamides is 1. The minimum Gasteiger partial charge on any atom is -0.465 e. The first kappa shape index (κ1) is 12.6. The quantitative estimate of drug-likeness (QED) is 0.433. The first-order valence-electron chi connectivity index (χ1n) is 4.36. The molecule has 0 saturated heterocycles. The van der Waals surface area contributed by atoms with E-state index in [0.29, 0.717) is 11.1 Å². The van der Waals surface area contributed by atoms with E-state index in [4.69, 9.17) is 5.84 Å². The van der Waals surface area contributed by atoms with Gasteiger partial charge in [0.05, 0.1) is 18.4 Å². The average Bonchev–Trinajstić information content (AvgIpc) is 2.28. The minimum absolute atomic E-state index is 0.283. The van der Waals surface area contributed by atoms with E-state index in [1.54, 1.807) is 17.0 Å². The SMILES string of the molecule is COC(=O)c1cccc(CS(=O)(=O)NN)c1. The molecule has 7 heteroatoms. The maximum Gasteiger partial charge on any atom is 0.337 e. The van der Waals surface area contributed by atoms with Gasteiger partial charge in [-0.25, -0.2) is 13.2 Å². The Balaban J connectivity index is 2.96. The Bertz CT molecular complexity index is 484. The Morgan fingerprint density at radius 3 is 2.75 bits per heavy atom. The van der Waals surface area contributed by atoms with Crippen molar-refractivity contribution >= 4 is 16.0 Å². The normalized spacial score (nSPS) is 11.1. The van der Waals surface area contributed by atoms with E-state index >= 15 is 0 Å². The zero-order valence-corrected chi connectivity index (χ0v) is 9.45. The highest BCUT2D eigenvalue weighted by Crippen LogP contribution is 2.09. The number of benzene rings is 1. The van der Waals surface area contributed by atoms with Crippen molar-refractivity contribution in [2.24, 2.45) is 5.84 Å². The minimum atomic E-state index is -3.55. The van der Waals surface area contributed by atoms with Crippen LogP contribution in [0.15, 0.2) is 24.3 Å². The summed E-state index contributed by atoms with van der Waals surface area (Å²) in [7, 11) is -2.29. The molecule has 0 saturated carbocycles. The van der Waals surface area contributed by atoms with Crippen molar-refractivity contribution in [3.8, 4) is 0 Å². The molecule has 0 aromatic heterocycles. The summed E-state index contributed by atoms with van der Waals surface area (Å²) in [6.45, 7) is 0. The van der Waals surface area contributed by atoms with E-state index in [1.807, 2.05) is 0 Å². The molecule has 0 atom stereocenters. The number of carbonyl (C=O) groups excluding carboxylic acids is 1. The summed E-state index contributed by atoms with van der Waals surface area (Å²) < 4.78 is 26.9. The average molecular weight is 244 g/mol. The van der Waals surface area contributed by atoms with E-state index in [0.717, 1.165) is 0 Å². The fourth-order valence-electron chi connectivity index (χ4n) is 1.17. The van der Waals surface area contributed by atoms with Crippen LogP contribution in [0.2, 0.25) is 0 Å². The number of rotatable bonds is 4. The molecule has 16 heavy (non-hydrogen) atoms. The predicted octanol–water partition coefficient (Wildman–Crippen LogP) is -0.234. The van der Waals surface area contributed by atoms with E-state index < -0.39 is 16.0 Å². The van der Waals surface area contributed by atoms with Gasteiger partial charge < -0.3 is 4.74 Å². The Morgan fingerprint density at radius 1 is 1.50 bits per heavy atom. The van der Waals surface area contributed by atoms with Crippen molar-refractivity contribution in [1.82, 2.24) is 4.83 Å². The van der Waals surface area contributed by atoms with E-state index in [-0.39, 0.29) is 5.75 Å². The van der Waals surface area contributed by atoms with Gasteiger partial charge >= 0.3 is 5.97 Å². The molecule has 0 bridgehead atoms. The molecule has 0 aliphatic carbocycles. The van der Waals surface area contributed by atoms with Gasteiger partial charge in [-0.15, -0.1) is 0 Å². The molecule has 6 nitrogen and oxygen atoms in total. The van der Waals surface area contributed by atoms with Gasteiger partial charge in [-0.2, -0.15) is 4.83 Å². The van der Waals surface area contributed by atoms with Crippen molar-refractivity contribution < 1.29 is 17.9 Å². The third-order valence-electron chi connectivity index (χ3n) is 1.88. The maximum absolute atomic E-state index is 11.2. The lowest BCUT2D eigenvalue weighted by Crippen LogP contribution is -2.31. The molecule has 0 heterocycles. The second-order valence-corrected chi connectivity index (χ2v) is 4.82. The topological polar surface area (TPSA) is 98.5 Å². The Labute approximate surface area is 93.4 Å². The van der Waals surface area contributed by atoms with Crippen LogP contribution in [0.1, 0.15) is 15.9 Å². The van der Waals surface area contributed by atoms with Crippen molar-refractivity contribution in [1.29, 1.82) is 0 Å². The van der Waals surface area contributed by atoms with Gasteiger partial charge in [-0.05, 0) is 17.7 Å². The molecule has 1 aromatic carbocycles. The summed E-state index contributed by atoms with van der Waals surface area (Å²) in [6.07, 6.45) is 0. The fraction of sp³-hybridized carbons (Fsp3) is 0.222. The van der Waals surface area contributed by atoms with Crippen molar-refractivity contribution in [2.45, 2.75) is 5.75 Å². The van der Waals surface area contributed by atoms with E-state index in [9.17, 15) is 13.2 Å². The Kier molecular flexibility index (Phi) is 3.99. The van der Waals surface area contributed by atoms with Gasteiger partial charge in [0.25, 0.3) is 0 Å². The molecule has 3 N–H and O–H groups in total. The second-order valence-electron chi connectivity index (χ2n) is 3.07. The Hall–Kier alpha value is -1.44. The maximum atomic E-state index is 11.2. The highest BCUT2D eigenvalue weighted by Gasteiger charge is 2.11. The third kappa shape index (κ3) is 3.30. The number of ether oxygens (including phenoxy) is 1. The lowest BCUT2D eigenvalue weighted by atomic mass is 10.1. The van der Waals surface area contributed by atoms with Gasteiger partial charge in [0.1, 0.15) is 0 Å². The molecule has 0 radical (unpaired) electrons. The summed E-state index contributed by atoms with van der Waals surface area (Å²) >= 11 is 0. The van der Waals surface area contributed by atoms with Gasteiger partial charge in [0, 0.05) is 0 Å². The molecule has 88 valence electrons. The van der Waals surface area contributed by atoms with Crippen LogP contribution in [0.4, 0.5) is 0 Å². The number of hydrazine groups is 1. The van der Waals surface area contributed by atoms with Crippen molar-refractivity contribution in [3.05, 3.63) is 35.4 Å². The first-order valence-corrected chi connectivity index (χ1v) is 6.01. The van der Waals surface area contributed by atoms with E-state index in [2.05, 4.69) is 4.74 Å². The summed E-state index contributed by atoms with van der Waals surface area (Å²) in [5, 5.41) is 0. The molecular weight excluding hydrogens is 232 g/mol. The standard InChI is InChI=1S/C9H12N2O4S/c1-15-9(12)8-4-2-3-7(5-8)6-16(13,14)11-10/h2-5,11H,6,10H2,1H3. The summed E-state index contributed by atoms with van der Waals surface area (Å²) in [5.74, 6) is 4.05. The third-order valence-corrected chi connectivity index (χ3v) is 2.96. The second kappa shape index (κ2) is 5.06. The van der Waals surface area contributed by atoms with Crippen molar-refractivity contribution in [3.63, 3.8) is 0 Å². The molecule has 0 aliphatic rings. The molecular formula is C9H12N2O4S. The van der Waals surface area contributed by atoms with Crippen LogP contribution in [0, 0.1) is 0 Å². The van der Waals surface area contributed by atoms with Crippen LogP contribution < -0.4 is 10.7 Å². The molecule has 1 aromatic rings. The first-order chi connectivity index (χ1) is 7.48. The zero-order chi connectivity index (χ0) is 12.2. The number of carbonyl (C=O) groups is 1. The van der Waals surface area contributed by atoms with Gasteiger partial charge in [-0.3, -0.25) is 5.84 Å². The van der Waals surface area contributed by atoms with Crippen LogP contribution in [0.25, 0.3) is 0 Å². The molecule has 0 fully saturated rings. The lowest BCUT2D eigenvalue weighted by Gasteiger charge is -2.04. The van der Waals surface area contributed by atoms with E-state index in [1.165, 1.54) is 19.2 Å². The van der Waals surface area contributed by atoms with Gasteiger partial charge in [0.15, 0.2) is 0 Å². The molecule has 0 aliphatic heterocycles. The summed E-state index contributed by atoms with van der Waals surface area (Å²) in [6, 6.07) is 6.15. The van der Waals surface area contributed by atoms with Gasteiger partial charge in [-0.1, -0.05) is 12.1 Å². The predicted molar refractivity (Wildman–Crippen MR) is 57.7 cm³/mol. The smallest absolute Gasteiger partial charge is 0.337 e. The van der Waals surface area contributed by atoms with Crippen LogP contribution in [0.5, 0.6) is 0 Å². The lowest BCUT2D eigenvalue weighted by molar-refractivity contribution is 0.0600. The molecule has 0 unspecified atom stereocenters. The van der Waals surface area contributed by atoms with Crippen LogP contribution in [-0.2, 0) is 20.5 Å². The number of methoxy groups -OCH3 is 1. The number of nitrogens with one attached hydrogen (secondary N) is 1. The highest BCUT2D eigenvalue weighted by atomic mass is 32.2.